The summed E-state index contributed by atoms with van der Waals surface area (Å²) in [5, 5.41) is 0. The van der Waals surface area contributed by atoms with Gasteiger partial charge in [-0.2, -0.15) is 0 Å². The van der Waals surface area contributed by atoms with Crippen LogP contribution in [0.3, 0.4) is 0 Å². The zero-order valence-electron chi connectivity index (χ0n) is 12.5. The minimum atomic E-state index is 0.500. The monoisotopic (exact) mass is 222 g/mol. The molecule has 1 rings (SSSR count). The number of benzene rings is 1. The molecule has 0 unspecified atom stereocenters. The molecule has 0 aliphatic rings. The van der Waals surface area contributed by atoms with Crippen LogP contribution in [-0.4, -0.2) is 0 Å². The van der Waals surface area contributed by atoms with Gasteiger partial charge in [0.25, 0.3) is 0 Å². The fourth-order valence-electron chi connectivity index (χ4n) is 0.838. The Bertz CT molecular complexity index is 220. The summed E-state index contributed by atoms with van der Waals surface area (Å²) in [5.74, 6) is 0.659. The number of hydrogen-bond donors (Lipinski definition) is 0. The molecule has 0 fully saturated rings. The SMILES string of the molecule is CC.CC(C)(C)C.CC(C)c1ccccc1. The van der Waals surface area contributed by atoms with E-state index in [0.717, 1.165) is 0 Å². The average molecular weight is 222 g/mol. The predicted octanol–water partition coefficient (Wildman–Crippen LogP) is 5.89. The molecule has 0 aliphatic heterocycles. The molecule has 0 spiro atoms. The molecule has 0 radical (unpaired) electrons. The summed E-state index contributed by atoms with van der Waals surface area (Å²) in [6.45, 7) is 17.2. The van der Waals surface area contributed by atoms with Gasteiger partial charge < -0.3 is 0 Å². The van der Waals surface area contributed by atoms with Crippen LogP contribution in [0.1, 0.15) is 66.9 Å². The van der Waals surface area contributed by atoms with Gasteiger partial charge in [-0.3, -0.25) is 0 Å². The molecular weight excluding hydrogens is 192 g/mol. The first-order valence-electron chi connectivity index (χ1n) is 6.35. The molecule has 0 amide bonds. The quantitative estimate of drug-likeness (QED) is 0.556. The molecule has 0 nitrogen and oxygen atoms in total. The molecule has 1 aromatic carbocycles. The van der Waals surface area contributed by atoms with Gasteiger partial charge >= 0.3 is 0 Å². The van der Waals surface area contributed by atoms with E-state index in [4.69, 9.17) is 0 Å². The Kier molecular flexibility index (Phi) is 10.4. The Balaban J connectivity index is 0. The summed E-state index contributed by atoms with van der Waals surface area (Å²) in [7, 11) is 0. The van der Waals surface area contributed by atoms with E-state index in [1.54, 1.807) is 0 Å². The van der Waals surface area contributed by atoms with Crippen molar-refractivity contribution in [2.45, 2.75) is 61.3 Å². The van der Waals surface area contributed by atoms with Crippen LogP contribution in [0.5, 0.6) is 0 Å². The highest BCUT2D eigenvalue weighted by atomic mass is 14.0. The van der Waals surface area contributed by atoms with E-state index in [1.165, 1.54) is 5.56 Å². The van der Waals surface area contributed by atoms with Gasteiger partial charge in [0, 0.05) is 0 Å². The maximum atomic E-state index is 2.20. The standard InChI is InChI=1S/C9H12.C5H12.C2H6/c1-8(2)9-6-4-3-5-7-9;1-5(2,3)4;1-2/h3-8H,1-2H3;1-4H3;1-2H3. The highest BCUT2D eigenvalue weighted by Crippen LogP contribution is 2.11. The van der Waals surface area contributed by atoms with Gasteiger partial charge in [0.05, 0.1) is 0 Å². The third kappa shape index (κ3) is 15.7. The van der Waals surface area contributed by atoms with E-state index >= 15 is 0 Å². The minimum absolute atomic E-state index is 0.500. The molecule has 0 aliphatic carbocycles. The third-order valence-corrected chi connectivity index (χ3v) is 1.47. The van der Waals surface area contributed by atoms with Crippen molar-refractivity contribution >= 4 is 0 Å². The van der Waals surface area contributed by atoms with Crippen LogP contribution in [0.25, 0.3) is 0 Å². The lowest BCUT2D eigenvalue weighted by Gasteiger charge is -2.05. The summed E-state index contributed by atoms with van der Waals surface area (Å²) >= 11 is 0. The van der Waals surface area contributed by atoms with E-state index in [0.29, 0.717) is 11.3 Å². The molecule has 0 atom stereocenters. The highest BCUT2D eigenvalue weighted by Gasteiger charge is 1.95. The van der Waals surface area contributed by atoms with Crippen molar-refractivity contribution in [3.05, 3.63) is 35.9 Å². The second kappa shape index (κ2) is 9.45. The maximum Gasteiger partial charge on any atom is -0.0219 e. The van der Waals surface area contributed by atoms with Crippen molar-refractivity contribution in [3.63, 3.8) is 0 Å². The van der Waals surface area contributed by atoms with E-state index in [2.05, 4.69) is 65.8 Å². The molecule has 0 bridgehead atoms. The summed E-state index contributed by atoms with van der Waals surface area (Å²) in [4.78, 5) is 0. The highest BCUT2D eigenvalue weighted by molar-refractivity contribution is 5.17. The second-order valence-corrected chi connectivity index (χ2v) is 5.57. The Morgan fingerprint density at radius 3 is 1.31 bits per heavy atom. The lowest BCUT2D eigenvalue weighted by molar-refractivity contribution is 0.469. The number of hydrogen-bond acceptors (Lipinski definition) is 0. The summed E-state index contributed by atoms with van der Waals surface area (Å²) < 4.78 is 0. The molecule has 0 heterocycles. The largest absolute Gasteiger partial charge is 0.0683 e. The van der Waals surface area contributed by atoms with Crippen LogP contribution in [0.2, 0.25) is 0 Å². The van der Waals surface area contributed by atoms with Crippen molar-refractivity contribution < 1.29 is 0 Å². The zero-order chi connectivity index (χ0) is 13.2. The van der Waals surface area contributed by atoms with E-state index in [1.807, 2.05) is 19.9 Å². The molecule has 0 heteroatoms. The first-order chi connectivity index (χ1) is 7.30. The van der Waals surface area contributed by atoms with Gasteiger partial charge in [-0.05, 0) is 16.9 Å². The smallest absolute Gasteiger partial charge is 0.0219 e. The minimum Gasteiger partial charge on any atom is -0.0683 e. The lowest BCUT2D eigenvalue weighted by atomic mass is 10.0. The first kappa shape index (κ1) is 17.6. The molecule has 94 valence electrons. The van der Waals surface area contributed by atoms with Crippen molar-refractivity contribution in [2.75, 3.05) is 0 Å². The van der Waals surface area contributed by atoms with Crippen LogP contribution in [-0.2, 0) is 0 Å². The van der Waals surface area contributed by atoms with Gasteiger partial charge in [-0.1, -0.05) is 85.7 Å². The summed E-state index contributed by atoms with van der Waals surface area (Å²) in [6, 6.07) is 10.5. The van der Waals surface area contributed by atoms with Gasteiger partial charge in [0.15, 0.2) is 0 Å². The molecule has 0 aromatic heterocycles. The van der Waals surface area contributed by atoms with Crippen LogP contribution in [0, 0.1) is 5.41 Å². The van der Waals surface area contributed by atoms with Crippen molar-refractivity contribution in [1.29, 1.82) is 0 Å². The topological polar surface area (TPSA) is 0 Å². The average Bonchev–Trinajstić information content (AvgIpc) is 2.20. The second-order valence-electron chi connectivity index (χ2n) is 5.57. The molecule has 1 aromatic rings. The molecule has 0 saturated carbocycles. The van der Waals surface area contributed by atoms with E-state index < -0.39 is 0 Å². The maximum absolute atomic E-state index is 2.20. The van der Waals surface area contributed by atoms with Gasteiger partial charge in [0.1, 0.15) is 0 Å². The fourth-order valence-corrected chi connectivity index (χ4v) is 0.838. The normalized spacial score (nSPS) is 9.81. The van der Waals surface area contributed by atoms with Crippen molar-refractivity contribution in [3.8, 4) is 0 Å². The third-order valence-electron chi connectivity index (χ3n) is 1.47. The van der Waals surface area contributed by atoms with Crippen LogP contribution in [0.4, 0.5) is 0 Å². The van der Waals surface area contributed by atoms with Gasteiger partial charge in [-0.15, -0.1) is 0 Å². The Labute approximate surface area is 103 Å². The van der Waals surface area contributed by atoms with E-state index in [-0.39, 0.29) is 0 Å². The van der Waals surface area contributed by atoms with Crippen molar-refractivity contribution in [1.82, 2.24) is 0 Å². The first-order valence-corrected chi connectivity index (χ1v) is 6.35. The number of rotatable bonds is 1. The van der Waals surface area contributed by atoms with Crippen LogP contribution >= 0.6 is 0 Å². The molecule has 0 saturated heterocycles. The van der Waals surface area contributed by atoms with E-state index in [9.17, 15) is 0 Å². The van der Waals surface area contributed by atoms with Gasteiger partial charge in [-0.25, -0.2) is 0 Å². The molecule has 16 heavy (non-hydrogen) atoms. The Morgan fingerprint density at radius 2 is 1.12 bits per heavy atom. The summed E-state index contributed by atoms with van der Waals surface area (Å²) in [5.41, 5.74) is 1.91. The van der Waals surface area contributed by atoms with Crippen molar-refractivity contribution in [2.24, 2.45) is 5.41 Å². The van der Waals surface area contributed by atoms with Crippen LogP contribution in [0.15, 0.2) is 30.3 Å². The molecule has 0 N–H and O–H groups in total. The van der Waals surface area contributed by atoms with Crippen LogP contribution < -0.4 is 0 Å². The molecular formula is C16H30. The Hall–Kier alpha value is -0.780. The predicted molar refractivity (Wildman–Crippen MR) is 77.0 cm³/mol. The summed E-state index contributed by atoms with van der Waals surface area (Å²) in [6.07, 6.45) is 0. The van der Waals surface area contributed by atoms with Gasteiger partial charge in [0.2, 0.25) is 0 Å². The fraction of sp³-hybridized carbons (Fsp3) is 0.625. The zero-order valence-corrected chi connectivity index (χ0v) is 12.5. The Morgan fingerprint density at radius 1 is 0.812 bits per heavy atom. The lowest BCUT2D eigenvalue weighted by Crippen LogP contribution is -1.93.